The number of aromatic nitrogens is 4. The zero-order chi connectivity index (χ0) is 24.2. The van der Waals surface area contributed by atoms with Crippen molar-refractivity contribution < 1.29 is 28.6 Å². The molecule has 4 atom stereocenters. The topological polar surface area (TPSA) is 123 Å². The van der Waals surface area contributed by atoms with Crippen LogP contribution in [0.1, 0.15) is 30.6 Å². The van der Waals surface area contributed by atoms with Crippen molar-refractivity contribution in [3.05, 3.63) is 53.7 Å². The van der Waals surface area contributed by atoms with Crippen molar-refractivity contribution in [1.29, 1.82) is 0 Å². The Morgan fingerprint density at radius 1 is 1.09 bits per heavy atom. The molecule has 0 spiro atoms. The summed E-state index contributed by atoms with van der Waals surface area (Å²) in [6, 6.07) is 8.69. The molecule has 1 aromatic carbocycles. The van der Waals surface area contributed by atoms with E-state index in [0.717, 1.165) is 0 Å². The molecular weight excluding hydrogens is 464 g/mol. The van der Waals surface area contributed by atoms with E-state index >= 15 is 0 Å². The van der Waals surface area contributed by atoms with Crippen molar-refractivity contribution in [3.63, 3.8) is 0 Å². The van der Waals surface area contributed by atoms with Crippen molar-refractivity contribution >= 4 is 40.7 Å². The Balaban J connectivity index is 1.49. The van der Waals surface area contributed by atoms with Gasteiger partial charge >= 0.3 is 17.9 Å². The zero-order valence-corrected chi connectivity index (χ0v) is 19.3. The monoisotopic (exact) mass is 486 g/mol. The van der Waals surface area contributed by atoms with E-state index in [-0.39, 0.29) is 30.1 Å². The molecule has 1 fully saturated rings. The predicted octanol–water partition coefficient (Wildman–Crippen LogP) is 2.84. The average Bonchev–Trinajstić information content (AvgIpc) is 3.46. The summed E-state index contributed by atoms with van der Waals surface area (Å²) in [7, 11) is 0. The third-order valence-electron chi connectivity index (χ3n) is 5.56. The number of hydrogen-bond acceptors (Lipinski definition) is 9. The third kappa shape index (κ3) is 5.51. The van der Waals surface area contributed by atoms with Gasteiger partial charge in [-0.05, 0) is 18.6 Å². The van der Waals surface area contributed by atoms with Crippen molar-refractivity contribution in [3.8, 4) is 0 Å². The van der Waals surface area contributed by atoms with E-state index < -0.39 is 30.1 Å². The highest BCUT2D eigenvalue weighted by Gasteiger charge is 2.49. The third-order valence-corrected chi connectivity index (χ3v) is 5.83. The van der Waals surface area contributed by atoms with Gasteiger partial charge in [0.2, 0.25) is 0 Å². The summed E-state index contributed by atoms with van der Waals surface area (Å²) in [5, 5.41) is 0.201. The molecule has 0 saturated heterocycles. The van der Waals surface area contributed by atoms with Gasteiger partial charge in [0.05, 0.1) is 25.0 Å². The first-order valence-corrected chi connectivity index (χ1v) is 11.1. The minimum atomic E-state index is -0.813. The Morgan fingerprint density at radius 3 is 2.53 bits per heavy atom. The molecular formula is C23H23ClN4O6. The standard InChI is InChI=1S/C23H23ClN4O6/c1-13(29)33-18(9-28-12-27-19-21(24)25-11-26-22(19)28)20(34-14(2)30)17-8-16(17)10-32-23(31)15-6-4-3-5-7-15/h3-7,11-12,16-18,20H,8-10H2,1-2H3/t16-,17-,18?,20?/m0/s1. The molecule has 1 aliphatic carbocycles. The highest BCUT2D eigenvalue weighted by molar-refractivity contribution is 6.33. The number of nitrogens with zero attached hydrogens (tertiary/aromatic N) is 4. The van der Waals surface area contributed by atoms with Crippen LogP contribution in [0, 0.1) is 11.8 Å². The highest BCUT2D eigenvalue weighted by Crippen LogP contribution is 2.44. The van der Waals surface area contributed by atoms with Crippen molar-refractivity contribution in [2.24, 2.45) is 11.8 Å². The van der Waals surface area contributed by atoms with Gasteiger partial charge in [0.15, 0.2) is 16.9 Å². The second-order valence-corrected chi connectivity index (χ2v) is 8.44. The number of esters is 3. The largest absolute Gasteiger partial charge is 0.462 e. The quantitative estimate of drug-likeness (QED) is 0.255. The van der Waals surface area contributed by atoms with E-state index in [9.17, 15) is 14.4 Å². The minimum Gasteiger partial charge on any atom is -0.462 e. The minimum absolute atomic E-state index is 0.0358. The lowest BCUT2D eigenvalue weighted by Crippen LogP contribution is -2.39. The number of fused-ring (bicyclic) bond motifs is 1. The fraction of sp³-hybridized carbons (Fsp3) is 0.391. The van der Waals surface area contributed by atoms with E-state index in [1.165, 1.54) is 26.5 Å². The van der Waals surface area contributed by atoms with Crippen LogP contribution in [0.15, 0.2) is 43.0 Å². The number of halogens is 1. The van der Waals surface area contributed by atoms with Crippen LogP contribution in [0.5, 0.6) is 0 Å². The van der Waals surface area contributed by atoms with Crippen LogP contribution in [0.2, 0.25) is 5.15 Å². The lowest BCUT2D eigenvalue weighted by Gasteiger charge is -2.27. The van der Waals surface area contributed by atoms with E-state index in [2.05, 4.69) is 15.0 Å². The van der Waals surface area contributed by atoms with E-state index in [4.69, 9.17) is 25.8 Å². The maximum absolute atomic E-state index is 12.3. The van der Waals surface area contributed by atoms with Crippen molar-refractivity contribution in [2.75, 3.05) is 6.61 Å². The molecule has 178 valence electrons. The van der Waals surface area contributed by atoms with Gasteiger partial charge in [-0.3, -0.25) is 9.59 Å². The first-order valence-electron chi connectivity index (χ1n) is 10.7. The molecule has 0 aliphatic heterocycles. The first-order chi connectivity index (χ1) is 16.3. The summed E-state index contributed by atoms with van der Waals surface area (Å²) < 4.78 is 18.3. The van der Waals surface area contributed by atoms with Crippen LogP contribution in [-0.2, 0) is 30.3 Å². The van der Waals surface area contributed by atoms with Gasteiger partial charge in [0.1, 0.15) is 17.9 Å². The number of carbonyl (C=O) groups is 3. The summed E-state index contributed by atoms with van der Waals surface area (Å²) in [5.74, 6) is -1.63. The SMILES string of the molecule is CC(=O)OC(Cn1cnc2c(Cl)ncnc21)C(OC(C)=O)[C@H]1C[C@H]1COC(=O)c1ccccc1. The molecule has 1 aliphatic rings. The van der Waals surface area contributed by atoms with Gasteiger partial charge < -0.3 is 18.8 Å². The van der Waals surface area contributed by atoms with E-state index in [1.807, 2.05) is 6.07 Å². The second-order valence-electron chi connectivity index (χ2n) is 8.08. The summed E-state index contributed by atoms with van der Waals surface area (Å²) in [5.41, 5.74) is 1.33. The average molecular weight is 487 g/mol. The number of benzene rings is 1. The number of ether oxygens (including phenoxy) is 3. The van der Waals surface area contributed by atoms with Crippen LogP contribution in [-0.4, -0.2) is 56.2 Å². The molecule has 2 unspecified atom stereocenters. The van der Waals surface area contributed by atoms with Crippen molar-refractivity contribution in [1.82, 2.24) is 19.5 Å². The number of carbonyl (C=O) groups excluding carboxylic acids is 3. The smallest absolute Gasteiger partial charge is 0.338 e. The Bertz CT molecular complexity index is 1200. The maximum Gasteiger partial charge on any atom is 0.338 e. The molecule has 4 rings (SSSR count). The molecule has 0 amide bonds. The van der Waals surface area contributed by atoms with Crippen LogP contribution in [0.25, 0.3) is 11.2 Å². The second kappa shape index (κ2) is 10.2. The molecule has 0 N–H and O–H groups in total. The Hall–Kier alpha value is -3.53. The first kappa shape index (κ1) is 23.6. The molecule has 34 heavy (non-hydrogen) atoms. The molecule has 2 aromatic heterocycles. The predicted molar refractivity (Wildman–Crippen MR) is 120 cm³/mol. The number of rotatable bonds is 9. The van der Waals surface area contributed by atoms with E-state index in [0.29, 0.717) is 23.1 Å². The summed E-state index contributed by atoms with van der Waals surface area (Å²) >= 11 is 6.08. The molecule has 11 heteroatoms. The van der Waals surface area contributed by atoms with Crippen molar-refractivity contribution in [2.45, 2.75) is 39.0 Å². The molecule has 10 nitrogen and oxygen atoms in total. The Kier molecular flexibility index (Phi) is 7.06. The van der Waals surface area contributed by atoms with Gasteiger partial charge in [0.25, 0.3) is 0 Å². The molecule has 0 radical (unpaired) electrons. The van der Waals surface area contributed by atoms with Gasteiger partial charge in [0, 0.05) is 25.7 Å². The van der Waals surface area contributed by atoms with Gasteiger partial charge in [-0.15, -0.1) is 0 Å². The molecule has 3 aromatic rings. The zero-order valence-electron chi connectivity index (χ0n) is 18.6. The molecule has 1 saturated carbocycles. The molecule has 2 heterocycles. The molecule has 0 bridgehead atoms. The lowest BCUT2D eigenvalue weighted by molar-refractivity contribution is -0.168. The summed E-state index contributed by atoms with van der Waals surface area (Å²) in [6.07, 6.45) is 1.92. The summed E-state index contributed by atoms with van der Waals surface area (Å²) in [6.45, 7) is 2.88. The fourth-order valence-corrected chi connectivity index (χ4v) is 4.11. The highest BCUT2D eigenvalue weighted by atomic mass is 35.5. The normalized spacial score (nSPS) is 18.7. The number of imidazole rings is 1. The van der Waals surface area contributed by atoms with Gasteiger partial charge in [-0.25, -0.2) is 19.7 Å². The fourth-order valence-electron chi connectivity index (χ4n) is 3.94. The van der Waals surface area contributed by atoms with Crippen LogP contribution >= 0.6 is 11.6 Å². The van der Waals surface area contributed by atoms with E-state index in [1.54, 1.807) is 28.8 Å². The summed E-state index contributed by atoms with van der Waals surface area (Å²) in [4.78, 5) is 48.4. The maximum atomic E-state index is 12.3. The van der Waals surface area contributed by atoms with Crippen LogP contribution in [0.4, 0.5) is 0 Å². The van der Waals surface area contributed by atoms with Gasteiger partial charge in [-0.1, -0.05) is 29.8 Å². The van der Waals surface area contributed by atoms with Crippen LogP contribution in [0.3, 0.4) is 0 Å². The number of hydrogen-bond donors (Lipinski definition) is 0. The van der Waals surface area contributed by atoms with Crippen LogP contribution < -0.4 is 0 Å². The lowest BCUT2D eigenvalue weighted by atomic mass is 10.1. The Labute approximate surface area is 200 Å². The van der Waals surface area contributed by atoms with Gasteiger partial charge in [-0.2, -0.15) is 0 Å². The Morgan fingerprint density at radius 2 is 1.82 bits per heavy atom.